The van der Waals surface area contributed by atoms with Crippen LogP contribution in [0.4, 0.5) is 5.82 Å². The summed E-state index contributed by atoms with van der Waals surface area (Å²) in [4.78, 5) is 6.52. The van der Waals surface area contributed by atoms with Crippen molar-refractivity contribution in [2.75, 3.05) is 19.0 Å². The van der Waals surface area contributed by atoms with Crippen LogP contribution in [-0.2, 0) is 0 Å². The number of hydrazine groups is 1. The van der Waals surface area contributed by atoms with Crippen LogP contribution in [0.25, 0.3) is 0 Å². The minimum atomic E-state index is 0.233. The van der Waals surface area contributed by atoms with Crippen molar-refractivity contribution in [3.63, 3.8) is 0 Å². The zero-order chi connectivity index (χ0) is 14.5. The first-order valence-electron chi connectivity index (χ1n) is 7.75. The predicted octanol–water partition coefficient (Wildman–Crippen LogP) is 2.87. The Kier molecular flexibility index (Phi) is 5.38. The number of hydrogen-bond donors (Lipinski definition) is 2. The first kappa shape index (κ1) is 15.3. The Morgan fingerprint density at radius 1 is 1.30 bits per heavy atom. The highest BCUT2D eigenvalue weighted by Gasteiger charge is 2.27. The Morgan fingerprint density at radius 3 is 2.45 bits per heavy atom. The number of pyridine rings is 1. The van der Waals surface area contributed by atoms with Gasteiger partial charge >= 0.3 is 0 Å². The fourth-order valence-corrected chi connectivity index (χ4v) is 3.28. The average Bonchev–Trinajstić information content (AvgIpc) is 2.49. The van der Waals surface area contributed by atoms with Gasteiger partial charge in [0.05, 0.1) is 6.04 Å². The average molecular weight is 276 g/mol. The van der Waals surface area contributed by atoms with Gasteiger partial charge in [0.1, 0.15) is 5.82 Å². The molecular weight excluding hydrogens is 248 g/mol. The molecule has 2 rings (SSSR count). The third-order valence-corrected chi connectivity index (χ3v) is 4.71. The second-order valence-corrected chi connectivity index (χ2v) is 6.18. The zero-order valence-corrected chi connectivity index (χ0v) is 13.0. The van der Waals surface area contributed by atoms with Crippen LogP contribution in [-0.4, -0.2) is 19.1 Å². The highest BCUT2D eigenvalue weighted by molar-refractivity contribution is 5.37. The van der Waals surface area contributed by atoms with E-state index in [0.29, 0.717) is 5.92 Å². The summed E-state index contributed by atoms with van der Waals surface area (Å²) in [6, 6.07) is 4.45. The minimum Gasteiger partial charge on any atom is -0.363 e. The molecule has 4 nitrogen and oxygen atoms in total. The molecule has 1 heterocycles. The van der Waals surface area contributed by atoms with Gasteiger partial charge in [-0.15, -0.1) is 0 Å². The van der Waals surface area contributed by atoms with E-state index in [1.54, 1.807) is 0 Å². The van der Waals surface area contributed by atoms with Crippen molar-refractivity contribution < 1.29 is 0 Å². The van der Waals surface area contributed by atoms with E-state index < -0.39 is 0 Å². The summed E-state index contributed by atoms with van der Waals surface area (Å²) in [6.07, 6.45) is 8.48. The Balaban J connectivity index is 2.04. The van der Waals surface area contributed by atoms with E-state index in [2.05, 4.69) is 29.5 Å². The Labute approximate surface area is 122 Å². The monoisotopic (exact) mass is 276 g/mol. The van der Waals surface area contributed by atoms with E-state index in [0.717, 1.165) is 11.7 Å². The van der Waals surface area contributed by atoms with Crippen molar-refractivity contribution in [2.24, 2.45) is 17.7 Å². The van der Waals surface area contributed by atoms with E-state index in [-0.39, 0.29) is 6.04 Å². The van der Waals surface area contributed by atoms with Crippen molar-refractivity contribution in [1.29, 1.82) is 0 Å². The SMILES string of the molecule is CCC1CCC(C(NN)c2ccc(N(C)C)nc2)CC1. The van der Waals surface area contributed by atoms with Gasteiger partial charge in [-0.05, 0) is 36.3 Å². The first-order valence-corrected chi connectivity index (χ1v) is 7.75. The number of hydrogen-bond acceptors (Lipinski definition) is 4. The molecule has 1 aromatic heterocycles. The van der Waals surface area contributed by atoms with Gasteiger partial charge in [0.15, 0.2) is 0 Å². The van der Waals surface area contributed by atoms with Crippen molar-refractivity contribution in [2.45, 2.75) is 45.1 Å². The molecular formula is C16H28N4. The van der Waals surface area contributed by atoms with Gasteiger partial charge in [-0.1, -0.05) is 32.3 Å². The molecule has 1 aliphatic rings. The van der Waals surface area contributed by atoms with Crippen LogP contribution >= 0.6 is 0 Å². The molecule has 1 aromatic rings. The summed E-state index contributed by atoms with van der Waals surface area (Å²) >= 11 is 0. The Hall–Kier alpha value is -1.13. The fourth-order valence-electron chi connectivity index (χ4n) is 3.28. The summed E-state index contributed by atoms with van der Waals surface area (Å²) in [6.45, 7) is 2.30. The van der Waals surface area contributed by atoms with E-state index in [1.807, 2.05) is 25.2 Å². The molecule has 0 spiro atoms. The van der Waals surface area contributed by atoms with Crippen LogP contribution in [0.2, 0.25) is 0 Å². The maximum absolute atomic E-state index is 5.81. The third-order valence-electron chi connectivity index (χ3n) is 4.71. The number of nitrogens with one attached hydrogen (secondary N) is 1. The Bertz CT molecular complexity index is 393. The van der Waals surface area contributed by atoms with Gasteiger partial charge in [0.2, 0.25) is 0 Å². The van der Waals surface area contributed by atoms with Crippen molar-refractivity contribution in [3.05, 3.63) is 23.9 Å². The quantitative estimate of drug-likeness (QED) is 0.641. The Morgan fingerprint density at radius 2 is 2.00 bits per heavy atom. The second kappa shape index (κ2) is 7.04. The maximum atomic E-state index is 5.81. The van der Waals surface area contributed by atoms with E-state index in [9.17, 15) is 0 Å². The molecule has 112 valence electrons. The van der Waals surface area contributed by atoms with Crippen LogP contribution < -0.4 is 16.2 Å². The molecule has 0 aromatic carbocycles. The second-order valence-electron chi connectivity index (χ2n) is 6.18. The largest absolute Gasteiger partial charge is 0.363 e. The molecule has 0 radical (unpaired) electrons. The molecule has 4 heteroatoms. The van der Waals surface area contributed by atoms with Crippen molar-refractivity contribution in [1.82, 2.24) is 10.4 Å². The van der Waals surface area contributed by atoms with Crippen molar-refractivity contribution >= 4 is 5.82 Å². The normalized spacial score (nSPS) is 24.4. The fraction of sp³-hybridized carbons (Fsp3) is 0.688. The zero-order valence-electron chi connectivity index (χ0n) is 13.0. The smallest absolute Gasteiger partial charge is 0.127 e. The lowest BCUT2D eigenvalue weighted by Gasteiger charge is -2.33. The number of nitrogens with zero attached hydrogens (tertiary/aromatic N) is 2. The lowest BCUT2D eigenvalue weighted by molar-refractivity contribution is 0.219. The maximum Gasteiger partial charge on any atom is 0.127 e. The van der Waals surface area contributed by atoms with Crippen molar-refractivity contribution in [3.8, 4) is 0 Å². The van der Waals surface area contributed by atoms with E-state index >= 15 is 0 Å². The third kappa shape index (κ3) is 3.49. The highest BCUT2D eigenvalue weighted by Crippen LogP contribution is 2.37. The molecule has 1 aliphatic carbocycles. The van der Waals surface area contributed by atoms with Crippen LogP contribution in [0, 0.1) is 11.8 Å². The summed E-state index contributed by atoms with van der Waals surface area (Å²) in [7, 11) is 4.01. The minimum absolute atomic E-state index is 0.233. The standard InChI is InChI=1S/C16H28N4/c1-4-12-5-7-13(8-6-12)16(19-17)14-9-10-15(18-11-14)20(2)3/h9-13,16,19H,4-8,17H2,1-3H3. The van der Waals surface area contributed by atoms with Crippen LogP contribution in [0.3, 0.4) is 0 Å². The lowest BCUT2D eigenvalue weighted by Crippen LogP contribution is -2.35. The molecule has 1 saturated carbocycles. The van der Waals surface area contributed by atoms with Gasteiger partial charge in [-0.2, -0.15) is 0 Å². The van der Waals surface area contributed by atoms with E-state index in [4.69, 9.17) is 5.84 Å². The van der Waals surface area contributed by atoms with Crippen LogP contribution in [0.5, 0.6) is 0 Å². The molecule has 0 amide bonds. The van der Waals surface area contributed by atoms with Crippen LogP contribution in [0.15, 0.2) is 18.3 Å². The summed E-state index contributed by atoms with van der Waals surface area (Å²) in [5, 5.41) is 0. The predicted molar refractivity (Wildman–Crippen MR) is 84.4 cm³/mol. The first-order chi connectivity index (χ1) is 9.65. The molecule has 0 saturated heterocycles. The molecule has 0 aliphatic heterocycles. The summed E-state index contributed by atoms with van der Waals surface area (Å²) in [5.74, 6) is 8.35. The van der Waals surface area contributed by atoms with Gasteiger partial charge in [0.25, 0.3) is 0 Å². The van der Waals surface area contributed by atoms with Gasteiger partial charge in [0, 0.05) is 20.3 Å². The van der Waals surface area contributed by atoms with Gasteiger partial charge < -0.3 is 4.90 Å². The number of nitrogens with two attached hydrogens (primary N) is 1. The number of rotatable bonds is 5. The van der Waals surface area contributed by atoms with E-state index in [1.165, 1.54) is 37.7 Å². The van der Waals surface area contributed by atoms with Crippen LogP contribution in [0.1, 0.15) is 50.6 Å². The number of anilines is 1. The summed E-state index contributed by atoms with van der Waals surface area (Å²) < 4.78 is 0. The molecule has 1 unspecified atom stereocenters. The highest BCUT2D eigenvalue weighted by atomic mass is 15.2. The molecule has 1 fully saturated rings. The topological polar surface area (TPSA) is 54.2 Å². The molecule has 0 bridgehead atoms. The molecule has 1 atom stereocenters. The summed E-state index contributed by atoms with van der Waals surface area (Å²) in [5.41, 5.74) is 4.22. The molecule has 3 N–H and O–H groups in total. The van der Waals surface area contributed by atoms with Gasteiger partial charge in [-0.3, -0.25) is 11.3 Å². The lowest BCUT2D eigenvalue weighted by atomic mass is 9.76. The van der Waals surface area contributed by atoms with Gasteiger partial charge in [-0.25, -0.2) is 4.98 Å². The number of aromatic nitrogens is 1. The molecule has 20 heavy (non-hydrogen) atoms.